The van der Waals surface area contributed by atoms with E-state index in [2.05, 4.69) is 5.32 Å². The molecule has 0 aromatic heterocycles. The van der Waals surface area contributed by atoms with E-state index in [0.29, 0.717) is 24.5 Å². The maximum absolute atomic E-state index is 11.5. The zero-order valence-corrected chi connectivity index (χ0v) is 10.8. The van der Waals surface area contributed by atoms with Gasteiger partial charge in [0, 0.05) is 18.5 Å². The Morgan fingerprint density at radius 1 is 1.47 bits per heavy atom. The zero-order chi connectivity index (χ0) is 12.1. The zero-order valence-electron chi connectivity index (χ0n) is 9.96. The first-order chi connectivity index (χ1) is 6.70. The first-order valence-corrected chi connectivity index (χ1v) is 5.39. The second-order valence-electron chi connectivity index (χ2n) is 4.75. The lowest BCUT2D eigenvalue weighted by Crippen LogP contribution is -2.45. The number of carbonyl (C=O) groups is 1. The average molecular weight is 231 g/mol. The van der Waals surface area contributed by atoms with Gasteiger partial charge in [0.2, 0.25) is 5.91 Å². The Bertz CT molecular complexity index is 235. The fourth-order valence-corrected chi connectivity index (χ4v) is 1.17. The molecule has 0 aliphatic rings. The van der Waals surface area contributed by atoms with Crippen molar-refractivity contribution in [2.75, 3.05) is 20.1 Å². The van der Waals surface area contributed by atoms with Crippen molar-refractivity contribution < 1.29 is 4.79 Å². The number of hydrogen-bond donors (Lipinski definition) is 2. The SMILES string of the molecule is CN(CCC(N)=S)CC(=O)NC(C)(C)C. The molecule has 1 amide bonds. The summed E-state index contributed by atoms with van der Waals surface area (Å²) >= 11 is 4.77. The molecule has 0 fully saturated rings. The van der Waals surface area contributed by atoms with E-state index in [0.717, 1.165) is 0 Å². The topological polar surface area (TPSA) is 58.4 Å². The fourth-order valence-electron chi connectivity index (χ4n) is 1.08. The van der Waals surface area contributed by atoms with Crippen LogP contribution in [-0.4, -0.2) is 41.5 Å². The summed E-state index contributed by atoms with van der Waals surface area (Å²) in [5.74, 6) is 0.0212. The van der Waals surface area contributed by atoms with Gasteiger partial charge in [0.1, 0.15) is 0 Å². The Hall–Kier alpha value is -0.680. The smallest absolute Gasteiger partial charge is 0.234 e. The van der Waals surface area contributed by atoms with E-state index in [9.17, 15) is 4.79 Å². The number of thiocarbonyl (C=S) groups is 1. The van der Waals surface area contributed by atoms with E-state index in [1.165, 1.54) is 0 Å². The van der Waals surface area contributed by atoms with E-state index in [-0.39, 0.29) is 11.4 Å². The van der Waals surface area contributed by atoms with Gasteiger partial charge >= 0.3 is 0 Å². The number of carbonyl (C=O) groups excluding carboxylic acids is 1. The van der Waals surface area contributed by atoms with Crippen LogP contribution in [0.15, 0.2) is 0 Å². The first kappa shape index (κ1) is 14.3. The monoisotopic (exact) mass is 231 g/mol. The molecule has 0 rings (SSSR count). The van der Waals surface area contributed by atoms with Crippen molar-refractivity contribution in [1.29, 1.82) is 0 Å². The first-order valence-electron chi connectivity index (χ1n) is 4.98. The Balaban J connectivity index is 3.81. The third kappa shape index (κ3) is 9.62. The van der Waals surface area contributed by atoms with Crippen molar-refractivity contribution in [3.05, 3.63) is 0 Å². The lowest BCUT2D eigenvalue weighted by atomic mass is 10.1. The number of nitrogens with two attached hydrogens (primary N) is 1. The quantitative estimate of drug-likeness (QED) is 0.677. The van der Waals surface area contributed by atoms with Crippen LogP contribution < -0.4 is 11.1 Å². The molecule has 0 aromatic rings. The molecular weight excluding hydrogens is 210 g/mol. The Morgan fingerprint density at radius 2 is 2.00 bits per heavy atom. The van der Waals surface area contributed by atoms with Crippen LogP contribution in [0.5, 0.6) is 0 Å². The largest absolute Gasteiger partial charge is 0.393 e. The summed E-state index contributed by atoms with van der Waals surface area (Å²) in [5, 5.41) is 2.89. The van der Waals surface area contributed by atoms with Crippen molar-refractivity contribution in [3.63, 3.8) is 0 Å². The van der Waals surface area contributed by atoms with Gasteiger partial charge in [0.25, 0.3) is 0 Å². The predicted octanol–water partition coefficient (Wildman–Crippen LogP) is 0.509. The van der Waals surface area contributed by atoms with Crippen LogP contribution in [0, 0.1) is 0 Å². The number of hydrogen-bond acceptors (Lipinski definition) is 3. The van der Waals surface area contributed by atoms with Crippen molar-refractivity contribution in [2.45, 2.75) is 32.7 Å². The lowest BCUT2D eigenvalue weighted by Gasteiger charge is -2.23. The molecule has 3 N–H and O–H groups in total. The minimum atomic E-state index is -0.179. The van der Waals surface area contributed by atoms with E-state index >= 15 is 0 Å². The highest BCUT2D eigenvalue weighted by Gasteiger charge is 2.14. The molecule has 0 saturated carbocycles. The molecular formula is C10H21N3OS. The van der Waals surface area contributed by atoms with Crippen LogP contribution in [-0.2, 0) is 4.79 Å². The molecule has 0 atom stereocenters. The van der Waals surface area contributed by atoms with Gasteiger partial charge in [0.15, 0.2) is 0 Å². The number of rotatable bonds is 5. The summed E-state index contributed by atoms with van der Waals surface area (Å²) in [6, 6.07) is 0. The summed E-state index contributed by atoms with van der Waals surface area (Å²) in [7, 11) is 1.88. The molecule has 0 aliphatic carbocycles. The summed E-state index contributed by atoms with van der Waals surface area (Å²) in [4.78, 5) is 13.9. The molecule has 0 saturated heterocycles. The normalized spacial score (nSPS) is 11.5. The van der Waals surface area contributed by atoms with Crippen LogP contribution in [0.3, 0.4) is 0 Å². The van der Waals surface area contributed by atoms with Gasteiger partial charge < -0.3 is 11.1 Å². The fraction of sp³-hybridized carbons (Fsp3) is 0.800. The second-order valence-corrected chi connectivity index (χ2v) is 5.28. The van der Waals surface area contributed by atoms with Gasteiger partial charge in [0.05, 0.1) is 11.5 Å². The van der Waals surface area contributed by atoms with Crippen molar-refractivity contribution >= 4 is 23.1 Å². The van der Waals surface area contributed by atoms with Gasteiger partial charge in [-0.3, -0.25) is 9.69 Å². The molecule has 15 heavy (non-hydrogen) atoms. The Kier molecular flexibility index (Phi) is 5.75. The van der Waals surface area contributed by atoms with Crippen LogP contribution in [0.25, 0.3) is 0 Å². The van der Waals surface area contributed by atoms with Crippen molar-refractivity contribution in [1.82, 2.24) is 10.2 Å². The molecule has 0 aliphatic heterocycles. The molecule has 0 bridgehead atoms. The minimum Gasteiger partial charge on any atom is -0.393 e. The van der Waals surface area contributed by atoms with Gasteiger partial charge in [-0.15, -0.1) is 0 Å². The van der Waals surface area contributed by atoms with Crippen LogP contribution in [0.2, 0.25) is 0 Å². The minimum absolute atomic E-state index is 0.0212. The summed E-state index contributed by atoms with van der Waals surface area (Å²) in [6.45, 7) is 6.96. The highest BCUT2D eigenvalue weighted by atomic mass is 32.1. The molecule has 4 nitrogen and oxygen atoms in total. The molecule has 0 spiro atoms. The van der Waals surface area contributed by atoms with E-state index in [1.54, 1.807) is 0 Å². The van der Waals surface area contributed by atoms with Gasteiger partial charge in [-0.2, -0.15) is 0 Å². The number of amides is 1. The maximum Gasteiger partial charge on any atom is 0.234 e. The third-order valence-corrected chi connectivity index (χ3v) is 1.87. The highest BCUT2D eigenvalue weighted by molar-refractivity contribution is 7.80. The summed E-state index contributed by atoms with van der Waals surface area (Å²) < 4.78 is 0. The van der Waals surface area contributed by atoms with Gasteiger partial charge in [-0.05, 0) is 27.8 Å². The van der Waals surface area contributed by atoms with Crippen LogP contribution in [0.1, 0.15) is 27.2 Å². The second kappa shape index (κ2) is 6.02. The molecule has 0 unspecified atom stereocenters. The number of nitrogens with zero attached hydrogens (tertiary/aromatic N) is 1. The van der Waals surface area contributed by atoms with Crippen molar-refractivity contribution in [3.8, 4) is 0 Å². The average Bonchev–Trinajstić information content (AvgIpc) is 1.96. The molecule has 0 heterocycles. The lowest BCUT2D eigenvalue weighted by molar-refractivity contribution is -0.123. The molecule has 5 heteroatoms. The van der Waals surface area contributed by atoms with Crippen molar-refractivity contribution in [2.24, 2.45) is 5.73 Å². The summed E-state index contributed by atoms with van der Waals surface area (Å²) in [5.41, 5.74) is 5.20. The number of likely N-dealkylation sites (N-methyl/N-ethyl adjacent to an activating group) is 1. The highest BCUT2D eigenvalue weighted by Crippen LogP contribution is 1.98. The molecule has 0 aromatic carbocycles. The van der Waals surface area contributed by atoms with E-state index < -0.39 is 0 Å². The van der Waals surface area contributed by atoms with Crippen LogP contribution >= 0.6 is 12.2 Å². The molecule has 0 radical (unpaired) electrons. The standard InChI is InChI=1S/C10H21N3OS/c1-10(2,3)12-9(14)7-13(4)6-5-8(11)15/h5-7H2,1-4H3,(H2,11,15)(H,12,14). The Labute approximate surface area is 97.2 Å². The van der Waals surface area contributed by atoms with E-state index in [4.69, 9.17) is 18.0 Å². The molecule has 88 valence electrons. The number of nitrogens with one attached hydrogen (secondary N) is 1. The third-order valence-electron chi connectivity index (χ3n) is 1.67. The predicted molar refractivity (Wildman–Crippen MR) is 66.8 cm³/mol. The van der Waals surface area contributed by atoms with Gasteiger partial charge in [-0.25, -0.2) is 0 Å². The van der Waals surface area contributed by atoms with Crippen LogP contribution in [0.4, 0.5) is 0 Å². The van der Waals surface area contributed by atoms with E-state index in [1.807, 2.05) is 32.7 Å². The maximum atomic E-state index is 11.5. The van der Waals surface area contributed by atoms with Gasteiger partial charge in [-0.1, -0.05) is 12.2 Å². The Morgan fingerprint density at radius 3 is 2.40 bits per heavy atom. The summed E-state index contributed by atoms with van der Waals surface area (Å²) in [6.07, 6.45) is 0.647.